The number of rotatable bonds is 7. The van der Waals surface area contributed by atoms with Crippen LogP contribution in [0, 0.1) is 11.8 Å². The predicted octanol–water partition coefficient (Wildman–Crippen LogP) is 5.09. The van der Waals surface area contributed by atoms with Crippen molar-refractivity contribution in [1.82, 2.24) is 4.90 Å². The molecule has 2 aromatic rings. The molecular weight excluding hydrogens is 436 g/mol. The number of amides is 2. The number of thioether (sulfide) groups is 1. The minimum Gasteiger partial charge on any atom is -0.493 e. The average Bonchev–Trinajstić information content (AvgIpc) is 2.86. The summed E-state index contributed by atoms with van der Waals surface area (Å²) in [6.45, 7) is 1.70. The average molecular weight is 469 g/mol. The summed E-state index contributed by atoms with van der Waals surface area (Å²) in [7, 11) is 3.13. The van der Waals surface area contributed by atoms with Gasteiger partial charge in [0.2, 0.25) is 5.91 Å². The lowest BCUT2D eigenvalue weighted by atomic mass is 9.75. The highest BCUT2D eigenvalue weighted by atomic mass is 32.2. The summed E-state index contributed by atoms with van der Waals surface area (Å²) in [4.78, 5) is 28.8. The van der Waals surface area contributed by atoms with Crippen molar-refractivity contribution in [2.75, 3.05) is 38.4 Å². The monoisotopic (exact) mass is 468 g/mol. The van der Waals surface area contributed by atoms with Crippen LogP contribution in [0.25, 0.3) is 0 Å². The van der Waals surface area contributed by atoms with Gasteiger partial charge in [-0.1, -0.05) is 31.4 Å². The molecule has 0 unspecified atom stereocenters. The standard InChI is InChI=1S/C26H32N2O4S/c1-31-22-12-11-20(15-23(22)32-2)27-25(29)17-33-24-10-6-5-9-21(24)26(30)28-14-13-18-7-3-4-8-19(18)16-28/h5-6,9-12,15,18-19H,3-4,7-8,13-14,16-17H2,1-2H3,(H,27,29)/t18-,19+/m0/s1. The Balaban J connectivity index is 1.37. The highest BCUT2D eigenvalue weighted by Gasteiger charge is 2.33. The predicted molar refractivity (Wildman–Crippen MR) is 131 cm³/mol. The first-order valence-corrected chi connectivity index (χ1v) is 12.6. The van der Waals surface area contributed by atoms with E-state index in [9.17, 15) is 9.59 Å². The van der Waals surface area contributed by atoms with E-state index in [4.69, 9.17) is 9.47 Å². The lowest BCUT2D eigenvalue weighted by Crippen LogP contribution is -2.44. The Morgan fingerprint density at radius 1 is 1.00 bits per heavy atom. The molecule has 2 aliphatic rings. The van der Waals surface area contributed by atoms with Crippen LogP contribution in [0.15, 0.2) is 47.4 Å². The molecule has 1 aliphatic heterocycles. The van der Waals surface area contributed by atoms with E-state index >= 15 is 0 Å². The van der Waals surface area contributed by atoms with Gasteiger partial charge in [-0.3, -0.25) is 9.59 Å². The molecule has 176 valence electrons. The molecule has 0 radical (unpaired) electrons. The number of piperidine rings is 1. The normalized spacial score (nSPS) is 20.0. The lowest BCUT2D eigenvalue weighted by molar-refractivity contribution is -0.113. The Bertz CT molecular complexity index is 996. The van der Waals surface area contributed by atoms with Crippen molar-refractivity contribution in [3.8, 4) is 11.5 Å². The molecular formula is C26H32N2O4S. The molecule has 2 fully saturated rings. The van der Waals surface area contributed by atoms with Crippen molar-refractivity contribution in [1.29, 1.82) is 0 Å². The zero-order chi connectivity index (χ0) is 23.2. The summed E-state index contributed by atoms with van der Waals surface area (Å²) in [6.07, 6.45) is 6.28. The molecule has 1 heterocycles. The van der Waals surface area contributed by atoms with Crippen LogP contribution in [0.4, 0.5) is 5.69 Å². The maximum absolute atomic E-state index is 13.3. The topological polar surface area (TPSA) is 67.9 Å². The molecule has 6 nitrogen and oxygen atoms in total. The number of benzene rings is 2. The van der Waals surface area contributed by atoms with Gasteiger partial charge in [-0.2, -0.15) is 0 Å². The number of methoxy groups -OCH3 is 2. The van der Waals surface area contributed by atoms with Crippen LogP contribution in [0.1, 0.15) is 42.5 Å². The van der Waals surface area contributed by atoms with Crippen LogP contribution in [-0.2, 0) is 4.79 Å². The van der Waals surface area contributed by atoms with Gasteiger partial charge in [0, 0.05) is 29.7 Å². The van der Waals surface area contributed by atoms with Gasteiger partial charge in [-0.05, 0) is 48.9 Å². The number of ether oxygens (including phenoxy) is 2. The molecule has 2 amide bonds. The van der Waals surface area contributed by atoms with Gasteiger partial charge >= 0.3 is 0 Å². The third-order valence-corrected chi connectivity index (χ3v) is 7.80. The van der Waals surface area contributed by atoms with Gasteiger partial charge in [-0.25, -0.2) is 0 Å². The number of fused-ring (bicyclic) bond motifs is 1. The first-order chi connectivity index (χ1) is 16.1. The van der Waals surface area contributed by atoms with Gasteiger partial charge in [0.1, 0.15) is 0 Å². The van der Waals surface area contributed by atoms with Gasteiger partial charge in [0.05, 0.1) is 25.5 Å². The van der Waals surface area contributed by atoms with Crippen molar-refractivity contribution in [2.24, 2.45) is 11.8 Å². The van der Waals surface area contributed by atoms with E-state index in [-0.39, 0.29) is 17.6 Å². The van der Waals surface area contributed by atoms with Gasteiger partial charge in [0.15, 0.2) is 11.5 Å². The summed E-state index contributed by atoms with van der Waals surface area (Å²) in [6, 6.07) is 12.9. The number of hydrogen-bond donors (Lipinski definition) is 1. The van der Waals surface area contributed by atoms with E-state index in [1.165, 1.54) is 37.4 Å². The Morgan fingerprint density at radius 2 is 1.76 bits per heavy atom. The van der Waals surface area contributed by atoms with E-state index in [0.717, 1.165) is 30.3 Å². The third kappa shape index (κ3) is 5.64. The smallest absolute Gasteiger partial charge is 0.254 e. The fourth-order valence-corrected chi connectivity index (χ4v) is 5.82. The van der Waals surface area contributed by atoms with Crippen LogP contribution >= 0.6 is 11.8 Å². The van der Waals surface area contributed by atoms with Gasteiger partial charge in [-0.15, -0.1) is 11.8 Å². The van der Waals surface area contributed by atoms with Gasteiger partial charge < -0.3 is 19.7 Å². The minimum atomic E-state index is -0.141. The fourth-order valence-electron chi connectivity index (χ4n) is 4.98. The van der Waals surface area contributed by atoms with Gasteiger partial charge in [0.25, 0.3) is 5.91 Å². The lowest BCUT2D eigenvalue weighted by Gasteiger charge is -2.41. The molecule has 1 N–H and O–H groups in total. The quantitative estimate of drug-likeness (QED) is 0.574. The van der Waals surface area contributed by atoms with Crippen molar-refractivity contribution in [3.63, 3.8) is 0 Å². The Kier molecular flexibility index (Phi) is 7.81. The van der Waals surface area contributed by atoms with Crippen LogP contribution in [0.3, 0.4) is 0 Å². The number of carbonyl (C=O) groups is 2. The van der Waals surface area contributed by atoms with E-state index in [1.54, 1.807) is 32.4 Å². The van der Waals surface area contributed by atoms with Crippen LogP contribution in [0.2, 0.25) is 0 Å². The molecule has 0 spiro atoms. The molecule has 7 heteroatoms. The molecule has 1 aliphatic carbocycles. The SMILES string of the molecule is COc1ccc(NC(=O)CSc2ccccc2C(=O)N2CC[C@@H]3CCCC[C@@H]3C2)cc1OC. The van der Waals surface area contributed by atoms with Crippen molar-refractivity contribution in [2.45, 2.75) is 37.0 Å². The van der Waals surface area contributed by atoms with E-state index in [0.29, 0.717) is 28.7 Å². The van der Waals surface area contributed by atoms with Crippen molar-refractivity contribution in [3.05, 3.63) is 48.0 Å². The van der Waals surface area contributed by atoms with E-state index < -0.39 is 0 Å². The third-order valence-electron chi connectivity index (χ3n) is 6.72. The minimum absolute atomic E-state index is 0.0856. The highest BCUT2D eigenvalue weighted by Crippen LogP contribution is 2.37. The maximum atomic E-state index is 13.3. The number of anilines is 1. The summed E-state index contributed by atoms with van der Waals surface area (Å²) < 4.78 is 10.5. The molecule has 2 atom stereocenters. The first-order valence-electron chi connectivity index (χ1n) is 11.6. The van der Waals surface area contributed by atoms with Crippen molar-refractivity contribution < 1.29 is 19.1 Å². The summed E-state index contributed by atoms with van der Waals surface area (Å²) >= 11 is 1.39. The summed E-state index contributed by atoms with van der Waals surface area (Å²) in [5.41, 5.74) is 1.33. The molecule has 33 heavy (non-hydrogen) atoms. The maximum Gasteiger partial charge on any atom is 0.254 e. The highest BCUT2D eigenvalue weighted by molar-refractivity contribution is 8.00. The summed E-state index contributed by atoms with van der Waals surface area (Å²) in [5.74, 6) is 2.75. The Labute approximate surface area is 200 Å². The second-order valence-electron chi connectivity index (χ2n) is 8.75. The number of nitrogens with zero attached hydrogens (tertiary/aromatic N) is 1. The second-order valence-corrected chi connectivity index (χ2v) is 9.76. The molecule has 2 aromatic carbocycles. The Morgan fingerprint density at radius 3 is 2.55 bits per heavy atom. The number of hydrogen-bond acceptors (Lipinski definition) is 5. The van der Waals surface area contributed by atoms with E-state index in [2.05, 4.69) is 5.32 Å². The van der Waals surface area contributed by atoms with Crippen LogP contribution < -0.4 is 14.8 Å². The Hall–Kier alpha value is -2.67. The largest absolute Gasteiger partial charge is 0.493 e. The van der Waals surface area contributed by atoms with E-state index in [1.807, 2.05) is 29.2 Å². The zero-order valence-corrected chi connectivity index (χ0v) is 20.2. The number of carbonyl (C=O) groups excluding carboxylic acids is 2. The zero-order valence-electron chi connectivity index (χ0n) is 19.3. The molecule has 1 saturated heterocycles. The number of likely N-dealkylation sites (tertiary alicyclic amines) is 1. The molecule has 1 saturated carbocycles. The molecule has 0 aromatic heterocycles. The molecule has 0 bridgehead atoms. The van der Waals surface area contributed by atoms with Crippen molar-refractivity contribution >= 4 is 29.3 Å². The van der Waals surface area contributed by atoms with Crippen LogP contribution in [0.5, 0.6) is 11.5 Å². The molecule has 4 rings (SSSR count). The second kappa shape index (κ2) is 11.0. The first kappa shape index (κ1) is 23.5. The van der Waals surface area contributed by atoms with Crippen LogP contribution in [-0.4, -0.2) is 49.8 Å². The summed E-state index contributed by atoms with van der Waals surface area (Å²) in [5, 5.41) is 2.89. The number of nitrogens with one attached hydrogen (secondary N) is 1. The fraction of sp³-hybridized carbons (Fsp3) is 0.462.